The van der Waals surface area contributed by atoms with Crippen LogP contribution < -0.4 is 26.3 Å². The molecule has 0 unspecified atom stereocenters. The number of halogens is 1. The van der Waals surface area contributed by atoms with Gasteiger partial charge in [0.15, 0.2) is 0 Å². The third kappa shape index (κ3) is 8.47. The van der Waals surface area contributed by atoms with Gasteiger partial charge in [-0.3, -0.25) is 0 Å². The minimum absolute atomic E-state index is 0. The van der Waals surface area contributed by atoms with Crippen molar-refractivity contribution in [3.8, 4) is 11.5 Å². The number of hydrogen-bond acceptors (Lipinski definition) is 4. The number of phosphoric ester groups is 1. The molecule has 0 atom stereocenters. The van der Waals surface area contributed by atoms with Crippen molar-refractivity contribution < 1.29 is 30.9 Å². The summed E-state index contributed by atoms with van der Waals surface area (Å²) >= 11 is 0. The van der Waals surface area contributed by atoms with Gasteiger partial charge in [0.25, 0.3) is 0 Å². The van der Waals surface area contributed by atoms with Gasteiger partial charge in [0, 0.05) is 0 Å². The molecule has 0 radical (unpaired) electrons. The summed E-state index contributed by atoms with van der Waals surface area (Å²) < 4.78 is 22.0. The van der Waals surface area contributed by atoms with Gasteiger partial charge in [-0.25, -0.2) is 4.57 Å². The Morgan fingerprint density at radius 2 is 1.12 bits per heavy atom. The number of rotatable bonds is 8. The number of phosphoric acid groups is 1. The fraction of sp³-hybridized carbons (Fsp3) is 0.333. The van der Waals surface area contributed by atoms with Crippen LogP contribution in [0, 0.1) is 0 Å². The van der Waals surface area contributed by atoms with Crippen molar-refractivity contribution in [1.82, 2.24) is 0 Å². The van der Waals surface area contributed by atoms with Gasteiger partial charge in [-0.1, -0.05) is 51.0 Å². The number of benzene rings is 2. The fourth-order valence-electron chi connectivity index (χ4n) is 2.29. The van der Waals surface area contributed by atoms with Crippen LogP contribution in [0.15, 0.2) is 48.5 Å². The van der Waals surface area contributed by atoms with E-state index in [9.17, 15) is 9.46 Å². The molecule has 4 nitrogen and oxygen atoms in total. The Balaban J connectivity index is 0.00000288. The zero-order valence-corrected chi connectivity index (χ0v) is 17.7. The van der Waals surface area contributed by atoms with Crippen LogP contribution in [0.2, 0.25) is 0 Å². The largest absolute Gasteiger partial charge is 2.00 e. The van der Waals surface area contributed by atoms with Crippen LogP contribution in [0.4, 0.5) is 0 Å². The molecule has 0 bridgehead atoms. The Morgan fingerprint density at radius 3 is 1.40 bits per heavy atom. The Morgan fingerprint density at radius 1 is 0.800 bits per heavy atom. The third-order valence-electron chi connectivity index (χ3n) is 3.36. The number of aryl methyl sites for hydroxylation is 2. The molecule has 2 aromatic rings. The molecule has 132 valence electrons. The molecule has 0 aromatic heterocycles. The summed E-state index contributed by atoms with van der Waals surface area (Å²) in [5.74, 6) is 0.511. The van der Waals surface area contributed by atoms with E-state index in [1.807, 2.05) is 24.3 Å². The van der Waals surface area contributed by atoms with Crippen molar-refractivity contribution in [1.29, 1.82) is 0 Å². The van der Waals surface area contributed by atoms with Crippen molar-refractivity contribution in [3.63, 3.8) is 0 Å². The first kappa shape index (κ1) is 24.3. The monoisotopic (exact) mass is 392 g/mol. The molecule has 2 aromatic carbocycles. The molecule has 0 N–H and O–H groups in total. The van der Waals surface area contributed by atoms with Crippen LogP contribution in [0.25, 0.3) is 0 Å². The Kier molecular flexibility index (Phi) is 11.5. The van der Waals surface area contributed by atoms with Crippen molar-refractivity contribution in [2.75, 3.05) is 0 Å². The first-order chi connectivity index (χ1) is 11.0. The van der Waals surface area contributed by atoms with E-state index in [-0.39, 0.29) is 47.0 Å². The predicted octanol–water partition coefficient (Wildman–Crippen LogP) is 1.14. The molecule has 0 spiro atoms. The van der Waals surface area contributed by atoms with E-state index < -0.39 is 7.82 Å². The van der Waals surface area contributed by atoms with E-state index in [4.69, 9.17) is 9.05 Å². The maximum atomic E-state index is 12.0. The van der Waals surface area contributed by atoms with E-state index >= 15 is 0 Å². The van der Waals surface area contributed by atoms with Gasteiger partial charge in [0.1, 0.15) is 11.5 Å². The molecule has 7 heteroatoms. The van der Waals surface area contributed by atoms with Gasteiger partial charge in [0.2, 0.25) is 0 Å². The van der Waals surface area contributed by atoms with Crippen LogP contribution in [0.3, 0.4) is 0 Å². The van der Waals surface area contributed by atoms with E-state index in [1.54, 1.807) is 24.3 Å². The summed E-state index contributed by atoms with van der Waals surface area (Å²) in [6.45, 7) is 4.19. The molecule has 25 heavy (non-hydrogen) atoms. The first-order valence-corrected chi connectivity index (χ1v) is 9.36. The van der Waals surface area contributed by atoms with Gasteiger partial charge in [-0.05, 0) is 48.2 Å². The molecule has 0 amide bonds. The molecule has 0 aliphatic rings. The quantitative estimate of drug-likeness (QED) is 0.499. The maximum absolute atomic E-state index is 12.0. The average Bonchev–Trinajstić information content (AvgIpc) is 2.51. The summed E-state index contributed by atoms with van der Waals surface area (Å²) in [6.07, 6.45) is 3.99. The molecule has 0 heterocycles. The minimum atomic E-state index is -4.45. The molecule has 0 aliphatic heterocycles. The van der Waals surface area contributed by atoms with Crippen LogP contribution in [0.5, 0.6) is 11.5 Å². The maximum Gasteiger partial charge on any atom is 2.00 e. The summed E-state index contributed by atoms with van der Waals surface area (Å²) in [5, 5.41) is 0. The molecule has 0 fully saturated rings. The second-order valence-corrected chi connectivity index (χ2v) is 6.68. The first-order valence-electron chi connectivity index (χ1n) is 7.90. The summed E-state index contributed by atoms with van der Waals surface area (Å²) in [7, 11) is -4.45. The van der Waals surface area contributed by atoms with E-state index in [2.05, 4.69) is 13.8 Å². The molecule has 0 saturated carbocycles. The minimum Gasteiger partial charge on any atom is -1.00 e. The fourth-order valence-corrected chi connectivity index (χ4v) is 3.09. The zero-order valence-electron chi connectivity index (χ0n) is 14.6. The predicted molar refractivity (Wildman–Crippen MR) is 95.5 cm³/mol. The van der Waals surface area contributed by atoms with E-state index in [0.717, 1.165) is 36.8 Å². The van der Waals surface area contributed by atoms with Crippen molar-refractivity contribution in [3.05, 3.63) is 59.7 Å². The molecular formula is C18H22ClMgO4P. The molecule has 0 saturated heterocycles. The summed E-state index contributed by atoms with van der Waals surface area (Å²) in [6, 6.07) is 14.0. The van der Waals surface area contributed by atoms with Crippen molar-refractivity contribution in [2.24, 2.45) is 0 Å². The van der Waals surface area contributed by atoms with Gasteiger partial charge >= 0.3 is 30.9 Å². The standard InChI is InChI=1S/C18H23O4P.ClH.Mg/c1-3-5-15-7-11-17(12-8-15)21-23(19,20)22-18-13-9-16(6-4-2)10-14-18;;/h7-14H,3-6H2,1-2H3,(H,19,20);1H;/q;;+2/p-2. The molecule has 2 rings (SSSR count). The van der Waals surface area contributed by atoms with Crippen LogP contribution >= 0.6 is 7.82 Å². The van der Waals surface area contributed by atoms with Gasteiger partial charge < -0.3 is 26.3 Å². The van der Waals surface area contributed by atoms with E-state index in [1.165, 1.54) is 0 Å². The number of hydrogen-bond donors (Lipinski definition) is 0. The summed E-state index contributed by atoms with van der Waals surface area (Å²) in [4.78, 5) is 12.0. The average molecular weight is 393 g/mol. The van der Waals surface area contributed by atoms with Gasteiger partial charge in [-0.15, -0.1) is 0 Å². The topological polar surface area (TPSA) is 58.6 Å². The summed E-state index contributed by atoms with van der Waals surface area (Å²) in [5.41, 5.74) is 2.29. The van der Waals surface area contributed by atoms with Crippen LogP contribution in [-0.2, 0) is 17.4 Å². The van der Waals surface area contributed by atoms with Crippen LogP contribution in [-0.4, -0.2) is 23.1 Å². The Hall–Kier alpha value is -0.714. The van der Waals surface area contributed by atoms with Gasteiger partial charge in [0.05, 0.1) is 0 Å². The second kappa shape index (κ2) is 11.8. The second-order valence-electron chi connectivity index (χ2n) is 5.42. The molecular weight excluding hydrogens is 371 g/mol. The molecule has 0 aliphatic carbocycles. The Labute approximate surface area is 172 Å². The van der Waals surface area contributed by atoms with Crippen LogP contribution in [0.1, 0.15) is 37.8 Å². The van der Waals surface area contributed by atoms with Gasteiger partial charge in [-0.2, -0.15) is 0 Å². The van der Waals surface area contributed by atoms with E-state index in [0.29, 0.717) is 0 Å². The smallest absolute Gasteiger partial charge is 1.00 e. The normalized spacial score (nSPS) is 10.4. The third-order valence-corrected chi connectivity index (χ3v) is 4.23. The SMILES string of the molecule is CCCc1ccc(OP(=O)([O-])Oc2ccc(CCC)cc2)cc1.[Cl-].[Mg+2]. The Bertz CT molecular complexity index is 606. The van der Waals surface area contributed by atoms with Crippen molar-refractivity contribution >= 4 is 30.9 Å². The van der Waals surface area contributed by atoms with Crippen molar-refractivity contribution in [2.45, 2.75) is 39.5 Å². The zero-order chi connectivity index (χ0) is 16.7.